The minimum Gasteiger partial charge on any atom is -0.372 e. The summed E-state index contributed by atoms with van der Waals surface area (Å²) in [6.45, 7) is 2.98. The first-order valence-corrected chi connectivity index (χ1v) is 7.07. The summed E-state index contributed by atoms with van der Waals surface area (Å²) in [5, 5.41) is 4.43. The molecule has 0 saturated heterocycles. The van der Waals surface area contributed by atoms with Crippen molar-refractivity contribution < 1.29 is 0 Å². The molecule has 2 aromatic rings. The molecule has 0 aliphatic rings. The van der Waals surface area contributed by atoms with Crippen LogP contribution in [0.4, 0.5) is 5.69 Å². The van der Waals surface area contributed by atoms with Gasteiger partial charge in [0.25, 0.3) is 5.56 Å². The quantitative estimate of drug-likeness (QED) is 0.849. The van der Waals surface area contributed by atoms with Crippen LogP contribution >= 0.6 is 11.6 Å². The van der Waals surface area contributed by atoms with Crippen LogP contribution in [0, 0.1) is 0 Å². The van der Waals surface area contributed by atoms with Gasteiger partial charge in [0, 0.05) is 13.6 Å². The predicted molar refractivity (Wildman–Crippen MR) is 83.0 cm³/mol. The maximum atomic E-state index is 12.3. The highest BCUT2D eigenvalue weighted by atomic mass is 35.5. The molecule has 0 unspecified atom stereocenters. The highest BCUT2D eigenvalue weighted by Gasteiger charge is 2.13. The number of aromatic nitrogens is 2. The predicted octanol–water partition coefficient (Wildman–Crippen LogP) is 3.12. The summed E-state index contributed by atoms with van der Waals surface area (Å²) in [4.78, 5) is 14.3. The molecule has 20 heavy (non-hydrogen) atoms. The van der Waals surface area contributed by atoms with E-state index < -0.39 is 0 Å². The van der Waals surface area contributed by atoms with E-state index in [4.69, 9.17) is 11.6 Å². The van der Waals surface area contributed by atoms with Crippen LogP contribution in [0.1, 0.15) is 19.8 Å². The largest absolute Gasteiger partial charge is 0.372 e. The van der Waals surface area contributed by atoms with E-state index in [1.807, 2.05) is 42.3 Å². The number of hydrogen-bond acceptors (Lipinski definition) is 3. The van der Waals surface area contributed by atoms with Gasteiger partial charge in [0.15, 0.2) is 0 Å². The van der Waals surface area contributed by atoms with E-state index >= 15 is 0 Å². The molecule has 4 nitrogen and oxygen atoms in total. The topological polar surface area (TPSA) is 38.1 Å². The average Bonchev–Trinajstić information content (AvgIpc) is 2.48. The molecule has 0 spiro atoms. The second kappa shape index (κ2) is 6.57. The third kappa shape index (κ3) is 3.02. The van der Waals surface area contributed by atoms with E-state index in [0.717, 1.165) is 19.4 Å². The average molecular weight is 292 g/mol. The number of nitrogens with zero attached hydrogens (tertiary/aromatic N) is 3. The standard InChI is InChI=1S/C15H18ClN3O/c1-3-4-10-18(2)13-11-17-19(15(20)14(13)16)12-8-6-5-7-9-12/h5-9,11H,3-4,10H2,1-2H3. The molecule has 0 N–H and O–H groups in total. The van der Waals surface area contributed by atoms with Gasteiger partial charge in [-0.2, -0.15) is 9.78 Å². The lowest BCUT2D eigenvalue weighted by atomic mass is 10.3. The van der Waals surface area contributed by atoms with Crippen LogP contribution in [0.15, 0.2) is 41.3 Å². The van der Waals surface area contributed by atoms with E-state index in [1.165, 1.54) is 4.68 Å². The van der Waals surface area contributed by atoms with Crippen molar-refractivity contribution in [3.05, 3.63) is 51.9 Å². The summed E-state index contributed by atoms with van der Waals surface area (Å²) in [7, 11) is 1.92. The van der Waals surface area contributed by atoms with Gasteiger partial charge in [-0.15, -0.1) is 0 Å². The zero-order valence-electron chi connectivity index (χ0n) is 11.7. The first-order valence-electron chi connectivity index (χ1n) is 6.69. The minimum atomic E-state index is -0.293. The maximum absolute atomic E-state index is 12.3. The molecular weight excluding hydrogens is 274 g/mol. The Bertz CT molecular complexity index is 625. The summed E-state index contributed by atoms with van der Waals surface area (Å²) in [6, 6.07) is 9.26. The second-order valence-electron chi connectivity index (χ2n) is 4.67. The summed E-state index contributed by atoms with van der Waals surface area (Å²) in [5.41, 5.74) is 1.10. The fraction of sp³-hybridized carbons (Fsp3) is 0.333. The Morgan fingerprint density at radius 2 is 2.00 bits per heavy atom. The number of unbranched alkanes of at least 4 members (excludes halogenated alkanes) is 1. The molecule has 0 bridgehead atoms. The number of anilines is 1. The molecule has 1 aromatic heterocycles. The normalized spacial score (nSPS) is 10.6. The lowest BCUT2D eigenvalue weighted by Crippen LogP contribution is -2.26. The van der Waals surface area contributed by atoms with E-state index in [-0.39, 0.29) is 10.6 Å². The smallest absolute Gasteiger partial charge is 0.292 e. The van der Waals surface area contributed by atoms with Crippen molar-refractivity contribution in [2.45, 2.75) is 19.8 Å². The lowest BCUT2D eigenvalue weighted by molar-refractivity contribution is 0.752. The van der Waals surface area contributed by atoms with Crippen LogP contribution in [-0.4, -0.2) is 23.4 Å². The molecule has 0 fully saturated rings. The highest BCUT2D eigenvalue weighted by molar-refractivity contribution is 6.33. The summed E-state index contributed by atoms with van der Waals surface area (Å²) < 4.78 is 1.32. The van der Waals surface area contributed by atoms with E-state index in [1.54, 1.807) is 6.20 Å². The third-order valence-corrected chi connectivity index (χ3v) is 3.51. The van der Waals surface area contributed by atoms with Crippen molar-refractivity contribution in [1.29, 1.82) is 0 Å². The molecule has 0 saturated carbocycles. The van der Waals surface area contributed by atoms with Gasteiger partial charge < -0.3 is 4.90 Å². The van der Waals surface area contributed by atoms with Gasteiger partial charge in [-0.05, 0) is 18.6 Å². The van der Waals surface area contributed by atoms with Gasteiger partial charge in [0.05, 0.1) is 17.6 Å². The van der Waals surface area contributed by atoms with Crippen LogP contribution in [-0.2, 0) is 0 Å². The monoisotopic (exact) mass is 291 g/mol. The second-order valence-corrected chi connectivity index (χ2v) is 5.05. The summed E-state index contributed by atoms with van der Waals surface area (Å²) in [6.07, 6.45) is 3.79. The highest BCUT2D eigenvalue weighted by Crippen LogP contribution is 2.20. The van der Waals surface area contributed by atoms with Crippen LogP contribution in [0.2, 0.25) is 5.02 Å². The number of para-hydroxylation sites is 1. The van der Waals surface area contributed by atoms with E-state index in [2.05, 4.69) is 12.0 Å². The van der Waals surface area contributed by atoms with Crippen molar-refractivity contribution >= 4 is 17.3 Å². The van der Waals surface area contributed by atoms with Gasteiger partial charge in [-0.25, -0.2) is 0 Å². The molecule has 5 heteroatoms. The van der Waals surface area contributed by atoms with Gasteiger partial charge in [-0.3, -0.25) is 4.79 Å². The third-order valence-electron chi connectivity index (χ3n) is 3.16. The number of halogens is 1. The van der Waals surface area contributed by atoms with E-state index in [0.29, 0.717) is 11.4 Å². The van der Waals surface area contributed by atoms with Crippen molar-refractivity contribution in [3.8, 4) is 5.69 Å². The Morgan fingerprint density at radius 3 is 2.65 bits per heavy atom. The summed E-state index contributed by atoms with van der Waals surface area (Å²) in [5.74, 6) is 0. The van der Waals surface area contributed by atoms with Gasteiger partial charge >= 0.3 is 0 Å². The number of hydrogen-bond donors (Lipinski definition) is 0. The van der Waals surface area contributed by atoms with Crippen molar-refractivity contribution in [1.82, 2.24) is 9.78 Å². The molecule has 2 rings (SSSR count). The van der Waals surface area contributed by atoms with Crippen molar-refractivity contribution in [3.63, 3.8) is 0 Å². The Labute approximate surface area is 123 Å². The number of rotatable bonds is 5. The molecule has 0 atom stereocenters. The maximum Gasteiger partial charge on any atom is 0.292 e. The van der Waals surface area contributed by atoms with Crippen molar-refractivity contribution in [2.24, 2.45) is 0 Å². The molecule has 1 aromatic carbocycles. The first kappa shape index (κ1) is 14.6. The van der Waals surface area contributed by atoms with Gasteiger partial charge in [0.1, 0.15) is 5.02 Å². The van der Waals surface area contributed by atoms with Crippen LogP contribution in [0.3, 0.4) is 0 Å². The zero-order chi connectivity index (χ0) is 14.5. The molecule has 1 heterocycles. The van der Waals surface area contributed by atoms with Gasteiger partial charge in [0.2, 0.25) is 0 Å². The zero-order valence-corrected chi connectivity index (χ0v) is 12.5. The van der Waals surface area contributed by atoms with Crippen LogP contribution < -0.4 is 10.5 Å². The Morgan fingerprint density at radius 1 is 1.30 bits per heavy atom. The molecule has 0 aliphatic heterocycles. The fourth-order valence-electron chi connectivity index (χ4n) is 1.96. The lowest BCUT2D eigenvalue weighted by Gasteiger charge is -2.20. The van der Waals surface area contributed by atoms with E-state index in [9.17, 15) is 4.79 Å². The summed E-state index contributed by atoms with van der Waals surface area (Å²) >= 11 is 6.21. The fourth-order valence-corrected chi connectivity index (χ4v) is 2.23. The molecule has 0 aliphatic carbocycles. The Kier molecular flexibility index (Phi) is 4.79. The molecular formula is C15H18ClN3O. The Hall–Kier alpha value is -1.81. The first-order chi connectivity index (χ1) is 9.65. The number of benzene rings is 1. The van der Waals surface area contributed by atoms with Gasteiger partial charge in [-0.1, -0.05) is 43.1 Å². The molecule has 0 radical (unpaired) electrons. The molecule has 0 amide bonds. The van der Waals surface area contributed by atoms with Crippen LogP contribution in [0.25, 0.3) is 5.69 Å². The Balaban J connectivity index is 2.37. The SMILES string of the molecule is CCCCN(C)c1cnn(-c2ccccc2)c(=O)c1Cl. The minimum absolute atomic E-state index is 0.211. The van der Waals surface area contributed by atoms with Crippen LogP contribution in [0.5, 0.6) is 0 Å². The van der Waals surface area contributed by atoms with Crippen molar-refractivity contribution in [2.75, 3.05) is 18.5 Å². The molecule has 106 valence electrons.